The van der Waals surface area contributed by atoms with Crippen molar-refractivity contribution in [3.8, 4) is 0 Å². The first-order valence-corrected chi connectivity index (χ1v) is 10.9. The Balaban J connectivity index is 1.27. The Hall–Kier alpha value is -2.87. The number of carbonyl (C=O) groups is 2. The summed E-state index contributed by atoms with van der Waals surface area (Å²) in [5.74, 6) is 0.632. The van der Waals surface area contributed by atoms with Crippen LogP contribution in [0.1, 0.15) is 17.7 Å². The molecule has 0 bridgehead atoms. The van der Waals surface area contributed by atoms with Crippen molar-refractivity contribution in [3.05, 3.63) is 46.7 Å². The number of hydrogen-bond donors (Lipinski definition) is 1. The number of amides is 3. The van der Waals surface area contributed by atoms with Crippen LogP contribution in [0.3, 0.4) is 0 Å². The van der Waals surface area contributed by atoms with E-state index < -0.39 is 0 Å². The summed E-state index contributed by atoms with van der Waals surface area (Å²) in [6.45, 7) is 3.10. The molecule has 0 spiro atoms. The molecule has 2 aromatic heterocycles. The van der Waals surface area contributed by atoms with Crippen LogP contribution in [0, 0.1) is 5.92 Å². The number of thiophene rings is 1. The maximum absolute atomic E-state index is 13.3. The minimum atomic E-state index is -0.178. The number of para-hydroxylation sites is 2. The Morgan fingerprint density at radius 1 is 1.14 bits per heavy atom. The maximum Gasteiger partial charge on any atom is 0.317 e. The smallest absolute Gasteiger partial charge is 0.317 e. The number of benzene rings is 1. The number of nitrogens with one attached hydrogen (secondary N) is 1. The number of likely N-dealkylation sites (tertiary alicyclic amines) is 1. The lowest BCUT2D eigenvalue weighted by molar-refractivity contribution is -0.123. The first kappa shape index (κ1) is 18.2. The number of anilines is 1. The van der Waals surface area contributed by atoms with Gasteiger partial charge in [-0.1, -0.05) is 18.2 Å². The fourth-order valence-electron chi connectivity index (χ4n) is 4.27. The lowest BCUT2D eigenvalue weighted by atomic mass is 9.97. The lowest BCUT2D eigenvalue weighted by Gasteiger charge is -2.33. The van der Waals surface area contributed by atoms with Gasteiger partial charge >= 0.3 is 6.03 Å². The van der Waals surface area contributed by atoms with Gasteiger partial charge < -0.3 is 14.8 Å². The van der Waals surface area contributed by atoms with Gasteiger partial charge in [-0.15, -0.1) is 11.3 Å². The minimum absolute atomic E-state index is 0.0785. The molecule has 2 aliphatic heterocycles. The molecule has 4 heterocycles. The third-order valence-electron chi connectivity index (χ3n) is 5.74. The average molecular weight is 410 g/mol. The van der Waals surface area contributed by atoms with Gasteiger partial charge in [-0.3, -0.25) is 9.69 Å². The molecule has 1 unspecified atom stereocenters. The molecule has 29 heavy (non-hydrogen) atoms. The Morgan fingerprint density at radius 3 is 2.90 bits per heavy atom. The monoisotopic (exact) mass is 409 g/mol. The molecular formula is C21H23N5O2S. The van der Waals surface area contributed by atoms with Crippen molar-refractivity contribution in [2.75, 3.05) is 24.5 Å². The lowest BCUT2D eigenvalue weighted by Crippen LogP contribution is -2.49. The SMILES string of the molecule is O=C(NCc1cccs1)N1CCCC(C(=O)N2CCn3c2nc2ccccc23)C1. The zero-order chi connectivity index (χ0) is 19.8. The molecule has 1 N–H and O–H groups in total. The number of piperidine rings is 1. The van der Waals surface area contributed by atoms with Crippen molar-refractivity contribution in [2.45, 2.75) is 25.9 Å². The van der Waals surface area contributed by atoms with E-state index in [-0.39, 0.29) is 17.9 Å². The zero-order valence-electron chi connectivity index (χ0n) is 16.1. The maximum atomic E-state index is 13.3. The van der Waals surface area contributed by atoms with Crippen LogP contribution in [0.5, 0.6) is 0 Å². The predicted molar refractivity (Wildman–Crippen MR) is 113 cm³/mol. The molecule has 3 amide bonds. The fourth-order valence-corrected chi connectivity index (χ4v) is 4.91. The second-order valence-electron chi connectivity index (χ2n) is 7.57. The van der Waals surface area contributed by atoms with Crippen LogP contribution in [0.25, 0.3) is 11.0 Å². The molecule has 150 valence electrons. The Kier molecular flexibility index (Phi) is 4.71. The summed E-state index contributed by atoms with van der Waals surface area (Å²) in [5, 5.41) is 4.97. The molecule has 1 atom stereocenters. The number of aromatic nitrogens is 2. The van der Waals surface area contributed by atoms with Crippen LogP contribution < -0.4 is 10.2 Å². The summed E-state index contributed by atoms with van der Waals surface area (Å²) < 4.78 is 2.11. The standard InChI is InChI=1S/C21H23N5O2S/c27-19(26-11-10-25-18-8-2-1-7-17(18)23-20(25)26)15-5-3-9-24(14-15)21(28)22-13-16-6-4-12-29-16/h1-2,4,6-8,12,15H,3,5,9-11,13-14H2,(H,22,28). The largest absolute Gasteiger partial charge is 0.333 e. The molecule has 1 saturated heterocycles. The van der Waals surface area contributed by atoms with E-state index in [1.165, 1.54) is 0 Å². The molecule has 3 aromatic rings. The highest BCUT2D eigenvalue weighted by molar-refractivity contribution is 7.09. The van der Waals surface area contributed by atoms with Gasteiger partial charge in [0.15, 0.2) is 0 Å². The zero-order valence-corrected chi connectivity index (χ0v) is 16.9. The highest BCUT2D eigenvalue weighted by atomic mass is 32.1. The summed E-state index contributed by atoms with van der Waals surface area (Å²) in [6.07, 6.45) is 1.65. The van der Waals surface area contributed by atoms with Crippen molar-refractivity contribution < 1.29 is 9.59 Å². The third-order valence-corrected chi connectivity index (χ3v) is 6.62. The van der Waals surface area contributed by atoms with E-state index in [9.17, 15) is 9.59 Å². The molecule has 0 aliphatic carbocycles. The fraction of sp³-hybridized carbons (Fsp3) is 0.381. The number of imidazole rings is 1. The van der Waals surface area contributed by atoms with E-state index in [1.54, 1.807) is 21.1 Å². The highest BCUT2D eigenvalue weighted by Crippen LogP contribution is 2.30. The van der Waals surface area contributed by atoms with Crippen LogP contribution in [0.4, 0.5) is 10.7 Å². The molecule has 7 nitrogen and oxygen atoms in total. The van der Waals surface area contributed by atoms with Crippen molar-refractivity contribution in [1.29, 1.82) is 0 Å². The normalized spacial score (nSPS) is 18.8. The second kappa shape index (κ2) is 7.51. The summed E-state index contributed by atoms with van der Waals surface area (Å²) in [5.41, 5.74) is 1.98. The van der Waals surface area contributed by atoms with Crippen LogP contribution in [0.2, 0.25) is 0 Å². The number of carbonyl (C=O) groups excluding carboxylic acids is 2. The number of hydrogen-bond acceptors (Lipinski definition) is 4. The van der Waals surface area contributed by atoms with Crippen LogP contribution in [-0.4, -0.2) is 46.0 Å². The molecule has 1 fully saturated rings. The van der Waals surface area contributed by atoms with E-state index in [4.69, 9.17) is 0 Å². The Morgan fingerprint density at radius 2 is 2.03 bits per heavy atom. The van der Waals surface area contributed by atoms with Gasteiger partial charge in [0.25, 0.3) is 0 Å². The van der Waals surface area contributed by atoms with Crippen LogP contribution in [0.15, 0.2) is 41.8 Å². The van der Waals surface area contributed by atoms with E-state index in [2.05, 4.69) is 14.9 Å². The summed E-state index contributed by atoms with van der Waals surface area (Å²) in [6, 6.07) is 11.9. The number of rotatable bonds is 3. The first-order valence-electron chi connectivity index (χ1n) is 10.0. The van der Waals surface area contributed by atoms with Gasteiger partial charge in [0.05, 0.1) is 23.5 Å². The van der Waals surface area contributed by atoms with Gasteiger partial charge in [-0.05, 0) is 36.4 Å². The number of urea groups is 1. The molecule has 2 aliphatic rings. The van der Waals surface area contributed by atoms with Crippen LogP contribution in [-0.2, 0) is 17.9 Å². The Bertz CT molecular complexity index is 1040. The van der Waals surface area contributed by atoms with Crippen molar-refractivity contribution in [3.63, 3.8) is 0 Å². The van der Waals surface area contributed by atoms with Gasteiger partial charge in [-0.2, -0.15) is 0 Å². The van der Waals surface area contributed by atoms with Gasteiger partial charge in [-0.25, -0.2) is 9.78 Å². The van der Waals surface area contributed by atoms with Crippen molar-refractivity contribution in [2.24, 2.45) is 5.92 Å². The van der Waals surface area contributed by atoms with Crippen molar-refractivity contribution in [1.82, 2.24) is 19.8 Å². The second-order valence-corrected chi connectivity index (χ2v) is 8.60. The summed E-state index contributed by atoms with van der Waals surface area (Å²) >= 11 is 1.63. The summed E-state index contributed by atoms with van der Waals surface area (Å²) in [7, 11) is 0. The van der Waals surface area contributed by atoms with Gasteiger partial charge in [0.2, 0.25) is 11.9 Å². The Labute approximate surface area is 172 Å². The van der Waals surface area contributed by atoms with Gasteiger partial charge in [0, 0.05) is 31.1 Å². The van der Waals surface area contributed by atoms with E-state index in [0.29, 0.717) is 26.2 Å². The third kappa shape index (κ3) is 3.37. The number of nitrogens with zero attached hydrogens (tertiary/aromatic N) is 4. The quantitative estimate of drug-likeness (QED) is 0.723. The number of fused-ring (bicyclic) bond motifs is 3. The average Bonchev–Trinajstić information content (AvgIpc) is 3.48. The highest BCUT2D eigenvalue weighted by Gasteiger charge is 2.35. The van der Waals surface area contributed by atoms with E-state index in [1.807, 2.05) is 41.8 Å². The van der Waals surface area contributed by atoms with E-state index in [0.717, 1.165) is 41.2 Å². The first-order chi connectivity index (χ1) is 14.2. The predicted octanol–water partition coefficient (Wildman–Crippen LogP) is 3.07. The van der Waals surface area contributed by atoms with Crippen molar-refractivity contribution >= 4 is 40.3 Å². The summed E-state index contributed by atoms with van der Waals surface area (Å²) in [4.78, 5) is 35.2. The molecule has 0 radical (unpaired) electrons. The topological polar surface area (TPSA) is 70.5 Å². The minimum Gasteiger partial charge on any atom is -0.333 e. The molecule has 0 saturated carbocycles. The molecule has 8 heteroatoms. The van der Waals surface area contributed by atoms with Gasteiger partial charge in [0.1, 0.15) is 0 Å². The molecule has 1 aromatic carbocycles. The van der Waals surface area contributed by atoms with E-state index >= 15 is 0 Å². The molecule has 5 rings (SSSR count). The molecular weight excluding hydrogens is 386 g/mol. The van der Waals surface area contributed by atoms with Crippen LogP contribution >= 0.6 is 11.3 Å².